The van der Waals surface area contributed by atoms with E-state index < -0.39 is 0 Å². The van der Waals surface area contributed by atoms with Gasteiger partial charge in [0, 0.05) is 19.1 Å². The molecule has 2 heterocycles. The van der Waals surface area contributed by atoms with Gasteiger partial charge >= 0.3 is 0 Å². The lowest BCUT2D eigenvalue weighted by Crippen LogP contribution is -2.47. The molecule has 3 aliphatic rings. The number of ether oxygens (including phenoxy) is 3. The van der Waals surface area contributed by atoms with Crippen LogP contribution in [-0.2, 0) is 11.2 Å². The average molecular weight is 433 g/mol. The molecule has 164 valence electrons. The van der Waals surface area contributed by atoms with Gasteiger partial charge in [0.2, 0.25) is 0 Å². The molecule has 0 N–H and O–H groups in total. The van der Waals surface area contributed by atoms with Crippen LogP contribution in [0.3, 0.4) is 0 Å². The molecule has 2 aliphatic heterocycles. The minimum absolute atomic E-state index is 0.120. The van der Waals surface area contributed by atoms with Crippen molar-refractivity contribution >= 4 is 11.6 Å². The second-order valence-corrected chi connectivity index (χ2v) is 10.4. The van der Waals surface area contributed by atoms with Gasteiger partial charge in [-0.05, 0) is 70.1 Å². The van der Waals surface area contributed by atoms with Crippen molar-refractivity contribution in [3.05, 3.63) is 22.2 Å². The molecule has 0 radical (unpaired) electrons. The van der Waals surface area contributed by atoms with E-state index >= 15 is 0 Å². The molecule has 2 unspecified atom stereocenters. The summed E-state index contributed by atoms with van der Waals surface area (Å²) in [6, 6.07) is 4.88. The highest BCUT2D eigenvalue weighted by atomic mass is 35.5. The van der Waals surface area contributed by atoms with Crippen LogP contribution in [0, 0.1) is 16.7 Å². The Morgan fingerprint density at radius 3 is 2.67 bits per heavy atom. The van der Waals surface area contributed by atoms with Crippen molar-refractivity contribution in [2.24, 2.45) is 5.41 Å². The second kappa shape index (κ2) is 8.22. The number of nitrogens with zero attached hydrogens (tertiary/aromatic N) is 2. The predicted octanol–water partition coefficient (Wildman–Crippen LogP) is 5.30. The molecule has 0 bridgehead atoms. The van der Waals surface area contributed by atoms with Gasteiger partial charge in [0.1, 0.15) is 6.61 Å². The van der Waals surface area contributed by atoms with Crippen molar-refractivity contribution in [2.75, 3.05) is 26.8 Å². The molecular weight excluding hydrogens is 400 g/mol. The lowest BCUT2D eigenvalue weighted by atomic mass is 9.71. The summed E-state index contributed by atoms with van der Waals surface area (Å²) in [5, 5.41) is 10.2. The maximum atomic E-state index is 9.51. The minimum atomic E-state index is -0.369. The predicted molar refractivity (Wildman–Crippen MR) is 117 cm³/mol. The zero-order valence-corrected chi connectivity index (χ0v) is 19.3. The number of hydrogen-bond donors (Lipinski definition) is 0. The smallest absolute Gasteiger partial charge is 0.180 e. The van der Waals surface area contributed by atoms with Gasteiger partial charge in [-0.1, -0.05) is 18.0 Å². The Balaban J connectivity index is 1.55. The van der Waals surface area contributed by atoms with Gasteiger partial charge in [-0.3, -0.25) is 4.90 Å². The van der Waals surface area contributed by atoms with Crippen LogP contribution in [0.5, 0.6) is 11.5 Å². The van der Waals surface area contributed by atoms with E-state index in [0.29, 0.717) is 29.2 Å². The van der Waals surface area contributed by atoms with E-state index in [-0.39, 0.29) is 17.1 Å². The molecule has 1 saturated heterocycles. The molecule has 2 atom stereocenters. The summed E-state index contributed by atoms with van der Waals surface area (Å²) in [5.41, 5.74) is 1.93. The number of fused-ring (bicyclic) bond motifs is 3. The molecular formula is C24H33ClN2O3. The van der Waals surface area contributed by atoms with E-state index in [9.17, 15) is 5.26 Å². The lowest BCUT2D eigenvalue weighted by molar-refractivity contribution is -0.0971. The molecule has 0 amide bonds. The third-order valence-electron chi connectivity index (χ3n) is 6.75. The number of rotatable bonds is 5. The molecule has 30 heavy (non-hydrogen) atoms. The molecule has 2 fully saturated rings. The van der Waals surface area contributed by atoms with Gasteiger partial charge in [0.05, 0.1) is 35.3 Å². The Bertz CT molecular complexity index is 838. The van der Waals surface area contributed by atoms with E-state index in [0.717, 1.165) is 51.6 Å². The van der Waals surface area contributed by atoms with Gasteiger partial charge in [-0.25, -0.2) is 0 Å². The molecule has 1 aromatic rings. The first-order valence-corrected chi connectivity index (χ1v) is 11.5. The Kier molecular flexibility index (Phi) is 5.96. The number of hydrogen-bond acceptors (Lipinski definition) is 5. The molecule has 1 aromatic carbocycles. The van der Waals surface area contributed by atoms with Crippen molar-refractivity contribution in [3.8, 4) is 17.6 Å². The molecule has 0 spiro atoms. The molecule has 6 heteroatoms. The van der Waals surface area contributed by atoms with Gasteiger partial charge in [-0.15, -0.1) is 0 Å². The van der Waals surface area contributed by atoms with Crippen molar-refractivity contribution in [3.63, 3.8) is 0 Å². The molecule has 1 saturated carbocycles. The molecule has 0 aromatic heterocycles. The first-order chi connectivity index (χ1) is 14.3. The summed E-state index contributed by atoms with van der Waals surface area (Å²) in [6.07, 6.45) is 6.12. The molecule has 1 aliphatic carbocycles. The lowest BCUT2D eigenvalue weighted by Gasteiger charge is -2.45. The maximum Gasteiger partial charge on any atom is 0.180 e. The van der Waals surface area contributed by atoms with Gasteiger partial charge in [0.15, 0.2) is 11.5 Å². The molecule has 5 nitrogen and oxygen atoms in total. The Morgan fingerprint density at radius 1 is 1.30 bits per heavy atom. The van der Waals surface area contributed by atoms with E-state index in [4.69, 9.17) is 25.8 Å². The SMILES string of the molecule is COc1cc2c(c(Cl)c1OCC1(C#N)CCC1)CCN1CC(OC(C)(C)C)CCC21. The maximum absolute atomic E-state index is 9.51. The van der Waals surface area contributed by atoms with Gasteiger partial charge in [-0.2, -0.15) is 5.26 Å². The first kappa shape index (κ1) is 21.7. The van der Waals surface area contributed by atoms with Crippen LogP contribution in [0.4, 0.5) is 0 Å². The molecule has 4 rings (SSSR count). The Morgan fingerprint density at radius 2 is 2.07 bits per heavy atom. The topological polar surface area (TPSA) is 54.7 Å². The highest BCUT2D eigenvalue weighted by molar-refractivity contribution is 6.33. The standard InChI is InChI=1S/C24H33ClN2O3/c1-23(2,3)30-16-6-7-19-18-12-20(28-4)22(29-15-24(14-26)9-5-10-24)21(25)17(18)8-11-27(19)13-16/h12,16,19H,5-11,13,15H2,1-4H3. The minimum Gasteiger partial charge on any atom is -0.493 e. The Labute approximate surface area is 185 Å². The van der Waals surface area contributed by atoms with Crippen LogP contribution in [0.25, 0.3) is 0 Å². The average Bonchev–Trinajstić information content (AvgIpc) is 2.66. The third kappa shape index (κ3) is 4.15. The number of benzene rings is 1. The quantitative estimate of drug-likeness (QED) is 0.632. The number of piperidine rings is 1. The first-order valence-electron chi connectivity index (χ1n) is 11.1. The van der Waals surface area contributed by atoms with Gasteiger partial charge < -0.3 is 14.2 Å². The van der Waals surface area contributed by atoms with E-state index in [1.165, 1.54) is 11.1 Å². The summed E-state index contributed by atoms with van der Waals surface area (Å²) in [4.78, 5) is 2.53. The summed E-state index contributed by atoms with van der Waals surface area (Å²) in [5.74, 6) is 1.26. The zero-order valence-electron chi connectivity index (χ0n) is 18.6. The van der Waals surface area contributed by atoms with Crippen LogP contribution in [0.1, 0.15) is 70.0 Å². The normalized spacial score (nSPS) is 25.5. The summed E-state index contributed by atoms with van der Waals surface area (Å²) >= 11 is 6.86. The van der Waals surface area contributed by atoms with Crippen LogP contribution in [0.15, 0.2) is 6.07 Å². The highest BCUT2D eigenvalue weighted by Crippen LogP contribution is 2.48. The second-order valence-electron chi connectivity index (χ2n) is 10.0. The van der Waals surface area contributed by atoms with E-state index in [2.05, 4.69) is 37.8 Å². The number of nitriles is 1. The monoisotopic (exact) mass is 432 g/mol. The van der Waals surface area contributed by atoms with Crippen molar-refractivity contribution in [2.45, 2.75) is 77.0 Å². The van der Waals surface area contributed by atoms with Crippen molar-refractivity contribution < 1.29 is 14.2 Å². The summed E-state index contributed by atoms with van der Waals surface area (Å²) in [6.45, 7) is 8.66. The van der Waals surface area contributed by atoms with E-state index in [1.807, 2.05) is 0 Å². The van der Waals surface area contributed by atoms with Crippen LogP contribution >= 0.6 is 11.6 Å². The fourth-order valence-electron chi connectivity index (χ4n) is 5.06. The van der Waals surface area contributed by atoms with Crippen LogP contribution in [-0.4, -0.2) is 43.4 Å². The van der Waals surface area contributed by atoms with Crippen molar-refractivity contribution in [1.29, 1.82) is 5.26 Å². The summed E-state index contributed by atoms with van der Waals surface area (Å²) < 4.78 is 18.0. The van der Waals surface area contributed by atoms with Crippen LogP contribution < -0.4 is 9.47 Å². The summed E-state index contributed by atoms with van der Waals surface area (Å²) in [7, 11) is 1.66. The van der Waals surface area contributed by atoms with Gasteiger partial charge in [0.25, 0.3) is 0 Å². The largest absolute Gasteiger partial charge is 0.493 e. The fraction of sp³-hybridized carbons (Fsp3) is 0.708. The highest BCUT2D eigenvalue weighted by Gasteiger charge is 2.40. The van der Waals surface area contributed by atoms with Crippen LogP contribution in [0.2, 0.25) is 5.02 Å². The zero-order chi connectivity index (χ0) is 21.5. The third-order valence-corrected chi connectivity index (χ3v) is 7.15. The van der Waals surface area contributed by atoms with E-state index in [1.54, 1.807) is 7.11 Å². The number of methoxy groups -OCH3 is 1. The number of halogens is 1. The van der Waals surface area contributed by atoms with Crippen molar-refractivity contribution in [1.82, 2.24) is 4.90 Å². The Hall–Kier alpha value is -1.48. The fourth-order valence-corrected chi connectivity index (χ4v) is 5.41.